The van der Waals surface area contributed by atoms with E-state index >= 15 is 0 Å². The highest BCUT2D eigenvalue weighted by atomic mass is 16.2. The SMILES string of the molecule is CC1CCCC(NC(=O)Nc2ccccc2)C1. The molecule has 0 spiro atoms. The first kappa shape index (κ1) is 12.0. The molecule has 0 heterocycles. The van der Waals surface area contributed by atoms with Gasteiger partial charge in [0.2, 0.25) is 0 Å². The van der Waals surface area contributed by atoms with Crippen molar-refractivity contribution in [1.29, 1.82) is 0 Å². The van der Waals surface area contributed by atoms with Gasteiger partial charge in [0.1, 0.15) is 0 Å². The predicted molar refractivity (Wildman–Crippen MR) is 70.0 cm³/mol. The lowest BCUT2D eigenvalue weighted by atomic mass is 9.87. The van der Waals surface area contributed by atoms with Crippen LogP contribution in [-0.4, -0.2) is 12.1 Å². The van der Waals surface area contributed by atoms with Crippen molar-refractivity contribution in [3.8, 4) is 0 Å². The van der Waals surface area contributed by atoms with E-state index in [1.165, 1.54) is 12.8 Å². The van der Waals surface area contributed by atoms with Crippen LogP contribution in [0.3, 0.4) is 0 Å². The van der Waals surface area contributed by atoms with Crippen molar-refractivity contribution < 1.29 is 4.79 Å². The Morgan fingerprint density at radius 1 is 1.24 bits per heavy atom. The largest absolute Gasteiger partial charge is 0.335 e. The Hall–Kier alpha value is -1.51. The highest BCUT2D eigenvalue weighted by molar-refractivity contribution is 5.89. The van der Waals surface area contributed by atoms with E-state index in [0.29, 0.717) is 6.04 Å². The van der Waals surface area contributed by atoms with E-state index in [1.807, 2.05) is 30.3 Å². The lowest BCUT2D eigenvalue weighted by Crippen LogP contribution is -2.40. The summed E-state index contributed by atoms with van der Waals surface area (Å²) in [7, 11) is 0. The Morgan fingerprint density at radius 3 is 2.71 bits per heavy atom. The standard InChI is InChI=1S/C14H20N2O/c1-11-6-5-9-13(10-11)16-14(17)15-12-7-3-2-4-8-12/h2-4,7-8,11,13H,5-6,9-10H2,1H3,(H2,15,16,17). The molecule has 0 bridgehead atoms. The zero-order chi connectivity index (χ0) is 12.1. The van der Waals surface area contributed by atoms with E-state index in [4.69, 9.17) is 0 Å². The van der Waals surface area contributed by atoms with Crippen LogP contribution >= 0.6 is 0 Å². The lowest BCUT2D eigenvalue weighted by Gasteiger charge is -2.27. The summed E-state index contributed by atoms with van der Waals surface area (Å²) in [5.74, 6) is 0.728. The van der Waals surface area contributed by atoms with Gasteiger partial charge in [0, 0.05) is 11.7 Å². The molecule has 0 saturated heterocycles. The minimum absolute atomic E-state index is 0.0877. The topological polar surface area (TPSA) is 41.1 Å². The van der Waals surface area contributed by atoms with Crippen molar-refractivity contribution in [2.75, 3.05) is 5.32 Å². The number of hydrogen-bond acceptors (Lipinski definition) is 1. The highest BCUT2D eigenvalue weighted by Crippen LogP contribution is 2.23. The average molecular weight is 232 g/mol. The minimum atomic E-state index is -0.0877. The molecule has 92 valence electrons. The molecule has 3 heteroatoms. The van der Waals surface area contributed by atoms with Gasteiger partial charge in [0.25, 0.3) is 0 Å². The van der Waals surface area contributed by atoms with E-state index < -0.39 is 0 Å². The zero-order valence-corrected chi connectivity index (χ0v) is 10.3. The Balaban J connectivity index is 1.81. The van der Waals surface area contributed by atoms with Crippen molar-refractivity contribution in [2.45, 2.75) is 38.6 Å². The molecule has 2 rings (SSSR count). The summed E-state index contributed by atoms with van der Waals surface area (Å²) >= 11 is 0. The van der Waals surface area contributed by atoms with Gasteiger partial charge in [-0.25, -0.2) is 4.79 Å². The highest BCUT2D eigenvalue weighted by Gasteiger charge is 2.20. The molecule has 2 amide bonds. The summed E-state index contributed by atoms with van der Waals surface area (Å²) in [6.45, 7) is 2.25. The van der Waals surface area contributed by atoms with Gasteiger partial charge >= 0.3 is 6.03 Å². The summed E-state index contributed by atoms with van der Waals surface area (Å²) < 4.78 is 0. The Kier molecular flexibility index (Phi) is 4.02. The van der Waals surface area contributed by atoms with E-state index in [1.54, 1.807) is 0 Å². The maximum Gasteiger partial charge on any atom is 0.319 e. The quantitative estimate of drug-likeness (QED) is 0.806. The minimum Gasteiger partial charge on any atom is -0.335 e. The Bertz CT molecular complexity index is 364. The van der Waals surface area contributed by atoms with Gasteiger partial charge in [-0.3, -0.25) is 0 Å². The molecular formula is C14H20N2O. The molecular weight excluding hydrogens is 212 g/mol. The third kappa shape index (κ3) is 3.77. The second kappa shape index (κ2) is 5.71. The second-order valence-electron chi connectivity index (χ2n) is 4.93. The molecule has 1 fully saturated rings. The van der Waals surface area contributed by atoms with Crippen LogP contribution in [0.1, 0.15) is 32.6 Å². The van der Waals surface area contributed by atoms with Gasteiger partial charge in [-0.1, -0.05) is 38.0 Å². The van der Waals surface area contributed by atoms with Crippen molar-refractivity contribution in [3.05, 3.63) is 30.3 Å². The number of rotatable bonds is 2. The van der Waals surface area contributed by atoms with Crippen LogP contribution < -0.4 is 10.6 Å². The first-order chi connectivity index (χ1) is 8.24. The summed E-state index contributed by atoms with van der Waals surface area (Å²) in [4.78, 5) is 11.8. The van der Waals surface area contributed by atoms with E-state index in [9.17, 15) is 4.79 Å². The van der Waals surface area contributed by atoms with Crippen molar-refractivity contribution in [3.63, 3.8) is 0 Å². The number of carbonyl (C=O) groups excluding carboxylic acids is 1. The first-order valence-corrected chi connectivity index (χ1v) is 6.36. The van der Waals surface area contributed by atoms with Crippen LogP contribution in [0.2, 0.25) is 0 Å². The fraction of sp³-hybridized carbons (Fsp3) is 0.500. The van der Waals surface area contributed by atoms with Gasteiger partial charge in [0.05, 0.1) is 0 Å². The summed E-state index contributed by atoms with van der Waals surface area (Å²) in [5, 5.41) is 5.90. The Morgan fingerprint density at radius 2 is 2.00 bits per heavy atom. The number of hydrogen-bond donors (Lipinski definition) is 2. The average Bonchev–Trinajstić information content (AvgIpc) is 2.30. The monoisotopic (exact) mass is 232 g/mol. The maximum atomic E-state index is 11.8. The fourth-order valence-electron chi connectivity index (χ4n) is 2.44. The van der Waals surface area contributed by atoms with E-state index in [0.717, 1.165) is 24.4 Å². The van der Waals surface area contributed by atoms with Gasteiger partial charge in [-0.15, -0.1) is 0 Å². The van der Waals surface area contributed by atoms with Gasteiger partial charge in [-0.2, -0.15) is 0 Å². The molecule has 2 atom stereocenters. The number of para-hydroxylation sites is 1. The molecule has 0 aliphatic heterocycles. The molecule has 3 nitrogen and oxygen atoms in total. The summed E-state index contributed by atoms with van der Waals surface area (Å²) in [5.41, 5.74) is 0.842. The maximum absolute atomic E-state index is 11.8. The molecule has 1 aliphatic carbocycles. The fourth-order valence-corrected chi connectivity index (χ4v) is 2.44. The zero-order valence-electron chi connectivity index (χ0n) is 10.3. The molecule has 2 N–H and O–H groups in total. The van der Waals surface area contributed by atoms with Gasteiger partial charge in [0.15, 0.2) is 0 Å². The van der Waals surface area contributed by atoms with Crippen LogP contribution in [0.25, 0.3) is 0 Å². The van der Waals surface area contributed by atoms with Crippen LogP contribution in [0.15, 0.2) is 30.3 Å². The third-order valence-electron chi connectivity index (χ3n) is 3.30. The smallest absolute Gasteiger partial charge is 0.319 e. The predicted octanol–water partition coefficient (Wildman–Crippen LogP) is 3.39. The van der Waals surface area contributed by atoms with Crippen LogP contribution in [0.5, 0.6) is 0 Å². The number of anilines is 1. The van der Waals surface area contributed by atoms with Crippen molar-refractivity contribution in [2.24, 2.45) is 5.92 Å². The number of benzene rings is 1. The lowest BCUT2D eigenvalue weighted by molar-refractivity contribution is 0.238. The Labute approximate surface area is 103 Å². The molecule has 1 aromatic rings. The van der Waals surface area contributed by atoms with Crippen molar-refractivity contribution in [1.82, 2.24) is 5.32 Å². The normalized spacial score (nSPS) is 24.1. The third-order valence-corrected chi connectivity index (χ3v) is 3.30. The number of amides is 2. The molecule has 17 heavy (non-hydrogen) atoms. The van der Waals surface area contributed by atoms with Gasteiger partial charge < -0.3 is 10.6 Å². The molecule has 0 aromatic heterocycles. The van der Waals surface area contributed by atoms with Crippen molar-refractivity contribution >= 4 is 11.7 Å². The van der Waals surface area contributed by atoms with E-state index in [-0.39, 0.29) is 6.03 Å². The molecule has 1 saturated carbocycles. The first-order valence-electron chi connectivity index (χ1n) is 6.36. The molecule has 0 radical (unpaired) electrons. The molecule has 1 aliphatic rings. The number of urea groups is 1. The van der Waals surface area contributed by atoms with Crippen LogP contribution in [0.4, 0.5) is 10.5 Å². The van der Waals surface area contributed by atoms with Crippen LogP contribution in [0, 0.1) is 5.92 Å². The molecule has 2 unspecified atom stereocenters. The number of nitrogens with one attached hydrogen (secondary N) is 2. The second-order valence-corrected chi connectivity index (χ2v) is 4.93. The molecule has 1 aromatic carbocycles. The number of carbonyl (C=O) groups is 1. The summed E-state index contributed by atoms with van der Waals surface area (Å²) in [6, 6.07) is 9.80. The van der Waals surface area contributed by atoms with Gasteiger partial charge in [-0.05, 0) is 30.9 Å². The van der Waals surface area contributed by atoms with Crippen LogP contribution in [-0.2, 0) is 0 Å². The summed E-state index contributed by atoms with van der Waals surface area (Å²) in [6.07, 6.45) is 4.71. The van der Waals surface area contributed by atoms with E-state index in [2.05, 4.69) is 17.6 Å².